The summed E-state index contributed by atoms with van der Waals surface area (Å²) in [7, 11) is 0. The third kappa shape index (κ3) is 2.96. The van der Waals surface area contributed by atoms with Gasteiger partial charge in [-0.25, -0.2) is 0 Å². The Bertz CT molecular complexity index is 328. The maximum atomic E-state index is 11.9. The highest BCUT2D eigenvalue weighted by Gasteiger charge is 2.27. The van der Waals surface area contributed by atoms with E-state index >= 15 is 0 Å². The van der Waals surface area contributed by atoms with Crippen molar-refractivity contribution in [3.8, 4) is 0 Å². The van der Waals surface area contributed by atoms with Gasteiger partial charge in [-0.2, -0.15) is 5.10 Å². The summed E-state index contributed by atoms with van der Waals surface area (Å²) < 4.78 is 0. The van der Waals surface area contributed by atoms with Crippen LogP contribution in [0.5, 0.6) is 0 Å². The number of rotatable bonds is 2. The molecule has 2 heterocycles. The Balaban J connectivity index is 0.00000128. The Morgan fingerprint density at radius 3 is 3.06 bits per heavy atom. The Kier molecular flexibility index (Phi) is 4.76. The fourth-order valence-corrected chi connectivity index (χ4v) is 1.96. The van der Waals surface area contributed by atoms with Crippen molar-refractivity contribution in [3.63, 3.8) is 0 Å². The normalized spacial score (nSPS) is 24.6. The average molecular weight is 245 g/mol. The van der Waals surface area contributed by atoms with Crippen molar-refractivity contribution in [2.24, 2.45) is 5.92 Å². The van der Waals surface area contributed by atoms with Crippen LogP contribution in [0.3, 0.4) is 0 Å². The molecule has 0 aromatic carbocycles. The van der Waals surface area contributed by atoms with Gasteiger partial charge in [0, 0.05) is 12.2 Å². The van der Waals surface area contributed by atoms with Gasteiger partial charge in [0.05, 0.1) is 17.8 Å². The van der Waals surface area contributed by atoms with Crippen molar-refractivity contribution < 1.29 is 4.79 Å². The molecule has 2 atom stereocenters. The molecule has 1 aliphatic rings. The maximum Gasteiger partial charge on any atom is 0.229 e. The second-order valence-corrected chi connectivity index (χ2v) is 3.97. The van der Waals surface area contributed by atoms with Crippen molar-refractivity contribution in [2.75, 3.05) is 11.9 Å². The molecule has 1 aromatic rings. The number of H-pyrrole nitrogens is 1. The van der Waals surface area contributed by atoms with E-state index in [0.29, 0.717) is 0 Å². The molecule has 6 heteroatoms. The van der Waals surface area contributed by atoms with Gasteiger partial charge in [-0.05, 0) is 26.3 Å². The quantitative estimate of drug-likeness (QED) is 0.731. The minimum Gasteiger partial charge on any atom is -0.323 e. The van der Waals surface area contributed by atoms with Gasteiger partial charge in [-0.3, -0.25) is 9.89 Å². The molecule has 0 aliphatic carbocycles. The molecular weight excluding hydrogens is 228 g/mol. The molecule has 0 bridgehead atoms. The van der Waals surface area contributed by atoms with Crippen molar-refractivity contribution in [2.45, 2.75) is 25.8 Å². The molecular formula is C10H17ClN4O. The molecule has 1 fully saturated rings. The Hall–Kier alpha value is -1.07. The van der Waals surface area contributed by atoms with E-state index in [0.717, 1.165) is 25.1 Å². The highest BCUT2D eigenvalue weighted by Crippen LogP contribution is 2.18. The summed E-state index contributed by atoms with van der Waals surface area (Å²) in [4.78, 5) is 11.9. The average Bonchev–Trinajstić information content (AvgIpc) is 2.71. The zero-order valence-corrected chi connectivity index (χ0v) is 10.0. The second-order valence-electron chi connectivity index (χ2n) is 3.97. The molecule has 3 N–H and O–H groups in total. The van der Waals surface area contributed by atoms with Crippen LogP contribution in [0.1, 0.15) is 19.8 Å². The maximum absolute atomic E-state index is 11.9. The van der Waals surface area contributed by atoms with Gasteiger partial charge in [0.2, 0.25) is 5.91 Å². The van der Waals surface area contributed by atoms with Crippen LogP contribution in [0.2, 0.25) is 0 Å². The van der Waals surface area contributed by atoms with Gasteiger partial charge >= 0.3 is 0 Å². The molecule has 0 spiro atoms. The number of anilines is 1. The van der Waals surface area contributed by atoms with E-state index in [1.807, 2.05) is 0 Å². The number of hydrogen-bond donors (Lipinski definition) is 3. The lowest BCUT2D eigenvalue weighted by atomic mass is 9.91. The summed E-state index contributed by atoms with van der Waals surface area (Å²) in [5.74, 6) is 0.143. The SMILES string of the molecule is C[C@H]1NCCC[C@H]1C(=O)Nc1cn[nH]c1.Cl. The van der Waals surface area contributed by atoms with Gasteiger partial charge in [0.25, 0.3) is 0 Å². The van der Waals surface area contributed by atoms with Crippen LogP contribution in [0, 0.1) is 5.92 Å². The van der Waals surface area contributed by atoms with Gasteiger partial charge < -0.3 is 10.6 Å². The molecule has 1 aromatic heterocycles. The lowest BCUT2D eigenvalue weighted by molar-refractivity contribution is -0.121. The number of hydrogen-bond acceptors (Lipinski definition) is 3. The molecule has 1 saturated heterocycles. The summed E-state index contributed by atoms with van der Waals surface area (Å²) in [6, 6.07) is 0.255. The number of aromatic amines is 1. The third-order valence-corrected chi connectivity index (χ3v) is 2.86. The predicted octanol–water partition coefficient (Wildman–Crippen LogP) is 1.16. The molecule has 0 saturated carbocycles. The number of nitrogens with zero attached hydrogens (tertiary/aromatic N) is 1. The lowest BCUT2D eigenvalue weighted by Gasteiger charge is -2.28. The van der Waals surface area contributed by atoms with E-state index in [2.05, 4.69) is 27.8 Å². The molecule has 0 radical (unpaired) electrons. The number of carbonyl (C=O) groups is 1. The number of piperidine rings is 1. The van der Waals surface area contributed by atoms with Crippen molar-refractivity contribution in [1.29, 1.82) is 0 Å². The second kappa shape index (κ2) is 5.86. The van der Waals surface area contributed by atoms with E-state index in [-0.39, 0.29) is 30.3 Å². The number of aromatic nitrogens is 2. The smallest absolute Gasteiger partial charge is 0.229 e. The van der Waals surface area contributed by atoms with Gasteiger partial charge in [-0.15, -0.1) is 12.4 Å². The summed E-state index contributed by atoms with van der Waals surface area (Å²) >= 11 is 0. The Labute approximate surface area is 101 Å². The molecule has 90 valence electrons. The van der Waals surface area contributed by atoms with Crippen LogP contribution >= 0.6 is 12.4 Å². The molecule has 2 rings (SSSR count). The molecule has 0 unspecified atom stereocenters. The van der Waals surface area contributed by atoms with E-state index < -0.39 is 0 Å². The van der Waals surface area contributed by atoms with Gasteiger partial charge in [0.1, 0.15) is 0 Å². The van der Waals surface area contributed by atoms with E-state index in [4.69, 9.17) is 0 Å². The standard InChI is InChI=1S/C10H16N4O.ClH/c1-7-9(3-2-4-11-7)10(15)14-8-5-12-13-6-8;/h5-7,9,11H,2-4H2,1H3,(H,12,13)(H,14,15);1H/t7-,9-;/m1./s1. The fourth-order valence-electron chi connectivity index (χ4n) is 1.96. The number of carbonyl (C=O) groups excluding carboxylic acids is 1. The topological polar surface area (TPSA) is 69.8 Å². The first-order valence-electron chi connectivity index (χ1n) is 5.30. The molecule has 1 aliphatic heterocycles. The van der Waals surface area contributed by atoms with Crippen molar-refractivity contribution in [3.05, 3.63) is 12.4 Å². The summed E-state index contributed by atoms with van der Waals surface area (Å²) in [5, 5.41) is 12.6. The first-order chi connectivity index (χ1) is 7.27. The Morgan fingerprint density at radius 1 is 1.62 bits per heavy atom. The summed E-state index contributed by atoms with van der Waals surface area (Å²) in [6.07, 6.45) is 5.31. The summed E-state index contributed by atoms with van der Waals surface area (Å²) in [6.45, 7) is 3.06. The first kappa shape index (κ1) is 13.0. The highest BCUT2D eigenvalue weighted by atomic mass is 35.5. The predicted molar refractivity (Wildman–Crippen MR) is 64.7 cm³/mol. The minimum atomic E-state index is 0. The lowest BCUT2D eigenvalue weighted by Crippen LogP contribution is -2.44. The first-order valence-corrected chi connectivity index (χ1v) is 5.30. The van der Waals surface area contributed by atoms with Crippen molar-refractivity contribution >= 4 is 24.0 Å². The zero-order valence-electron chi connectivity index (χ0n) is 9.19. The van der Waals surface area contributed by atoms with Crippen molar-refractivity contribution in [1.82, 2.24) is 15.5 Å². The van der Waals surface area contributed by atoms with Crippen LogP contribution in [0.15, 0.2) is 12.4 Å². The minimum absolute atomic E-state index is 0. The number of amides is 1. The van der Waals surface area contributed by atoms with Crippen LogP contribution in [0.4, 0.5) is 5.69 Å². The van der Waals surface area contributed by atoms with Crippen LogP contribution in [0.25, 0.3) is 0 Å². The monoisotopic (exact) mass is 244 g/mol. The number of nitrogens with one attached hydrogen (secondary N) is 3. The molecule has 5 nitrogen and oxygen atoms in total. The Morgan fingerprint density at radius 2 is 2.44 bits per heavy atom. The van der Waals surface area contributed by atoms with Gasteiger partial charge in [0.15, 0.2) is 0 Å². The van der Waals surface area contributed by atoms with E-state index in [1.54, 1.807) is 12.4 Å². The van der Waals surface area contributed by atoms with Crippen LogP contribution in [-0.4, -0.2) is 28.7 Å². The van der Waals surface area contributed by atoms with E-state index in [1.165, 1.54) is 0 Å². The number of halogens is 1. The fraction of sp³-hybridized carbons (Fsp3) is 0.600. The van der Waals surface area contributed by atoms with Gasteiger partial charge in [-0.1, -0.05) is 0 Å². The largest absolute Gasteiger partial charge is 0.323 e. The third-order valence-electron chi connectivity index (χ3n) is 2.86. The summed E-state index contributed by atoms with van der Waals surface area (Å²) in [5.41, 5.74) is 0.734. The highest BCUT2D eigenvalue weighted by molar-refractivity contribution is 5.92. The molecule has 16 heavy (non-hydrogen) atoms. The molecule has 1 amide bonds. The van der Waals surface area contributed by atoms with Crippen LogP contribution in [-0.2, 0) is 4.79 Å². The van der Waals surface area contributed by atoms with Crippen LogP contribution < -0.4 is 10.6 Å². The van der Waals surface area contributed by atoms with E-state index in [9.17, 15) is 4.79 Å². The zero-order chi connectivity index (χ0) is 10.7.